The largest absolute Gasteiger partial charge is 0.325 e. The third-order valence-corrected chi connectivity index (χ3v) is 3.98. The minimum atomic E-state index is -0.00903. The summed E-state index contributed by atoms with van der Waals surface area (Å²) in [6.07, 6.45) is 2.94. The van der Waals surface area contributed by atoms with Gasteiger partial charge in [-0.2, -0.15) is 0 Å². The zero-order chi connectivity index (χ0) is 14.5. The van der Waals surface area contributed by atoms with Crippen molar-refractivity contribution in [3.63, 3.8) is 0 Å². The monoisotopic (exact) mass is 274 g/mol. The summed E-state index contributed by atoms with van der Waals surface area (Å²) >= 11 is 0. The first-order valence-corrected chi connectivity index (χ1v) is 7.14. The number of benzene rings is 1. The molecule has 1 fully saturated rings. The van der Waals surface area contributed by atoms with Crippen molar-refractivity contribution in [1.29, 1.82) is 0 Å². The zero-order valence-corrected chi connectivity index (χ0v) is 12.2. The van der Waals surface area contributed by atoms with Crippen molar-refractivity contribution < 1.29 is 9.59 Å². The third-order valence-electron chi connectivity index (χ3n) is 3.98. The molecular formula is C16H22N2O2. The molecule has 0 spiro atoms. The molecule has 1 amide bonds. The van der Waals surface area contributed by atoms with E-state index in [1.54, 1.807) is 0 Å². The highest BCUT2D eigenvalue weighted by Gasteiger charge is 2.21. The molecule has 0 aromatic heterocycles. The van der Waals surface area contributed by atoms with Crippen LogP contribution in [0.3, 0.4) is 0 Å². The Morgan fingerprint density at radius 2 is 2.25 bits per heavy atom. The number of anilines is 1. The van der Waals surface area contributed by atoms with Gasteiger partial charge in [-0.15, -0.1) is 0 Å². The summed E-state index contributed by atoms with van der Waals surface area (Å²) in [6.45, 7) is 5.99. The number of rotatable bonds is 4. The molecular weight excluding hydrogens is 252 g/mol. The Morgan fingerprint density at radius 1 is 1.45 bits per heavy atom. The summed E-state index contributed by atoms with van der Waals surface area (Å²) in [7, 11) is 0. The molecule has 1 saturated heterocycles. The van der Waals surface area contributed by atoms with Gasteiger partial charge in [0.25, 0.3) is 0 Å². The fourth-order valence-electron chi connectivity index (χ4n) is 2.63. The van der Waals surface area contributed by atoms with Gasteiger partial charge in [-0.3, -0.25) is 9.69 Å². The first-order chi connectivity index (χ1) is 9.60. The molecule has 1 aliphatic rings. The lowest BCUT2D eigenvalue weighted by Gasteiger charge is -2.29. The van der Waals surface area contributed by atoms with Crippen LogP contribution in [0.5, 0.6) is 0 Å². The lowest BCUT2D eigenvalue weighted by molar-refractivity contribution is -0.119. The average Bonchev–Trinajstić information content (AvgIpc) is 2.44. The summed E-state index contributed by atoms with van der Waals surface area (Å²) in [5.41, 5.74) is 3.14. The first kappa shape index (κ1) is 14.7. The Kier molecular flexibility index (Phi) is 4.90. The number of amides is 1. The number of nitrogens with one attached hydrogen (secondary N) is 1. The Balaban J connectivity index is 1.92. The van der Waals surface area contributed by atoms with Gasteiger partial charge in [0.05, 0.1) is 6.54 Å². The highest BCUT2D eigenvalue weighted by Crippen LogP contribution is 2.18. The highest BCUT2D eigenvalue weighted by atomic mass is 16.2. The van der Waals surface area contributed by atoms with Crippen molar-refractivity contribution in [3.8, 4) is 0 Å². The maximum atomic E-state index is 12.1. The van der Waals surface area contributed by atoms with E-state index in [2.05, 4.69) is 10.2 Å². The molecule has 1 aliphatic heterocycles. The van der Waals surface area contributed by atoms with E-state index in [0.717, 1.165) is 36.9 Å². The quantitative estimate of drug-likeness (QED) is 0.856. The molecule has 1 N–H and O–H groups in total. The lowest BCUT2D eigenvalue weighted by Crippen LogP contribution is -2.40. The van der Waals surface area contributed by atoms with Crippen LogP contribution < -0.4 is 5.32 Å². The second-order valence-corrected chi connectivity index (χ2v) is 5.57. The molecule has 1 unspecified atom stereocenters. The van der Waals surface area contributed by atoms with Gasteiger partial charge in [-0.05, 0) is 50.4 Å². The number of hydrogen-bond donors (Lipinski definition) is 1. The van der Waals surface area contributed by atoms with Gasteiger partial charge in [0, 0.05) is 18.2 Å². The first-order valence-electron chi connectivity index (χ1n) is 7.14. The predicted molar refractivity (Wildman–Crippen MR) is 79.8 cm³/mol. The van der Waals surface area contributed by atoms with E-state index >= 15 is 0 Å². The molecule has 2 rings (SSSR count). The fraction of sp³-hybridized carbons (Fsp3) is 0.500. The number of likely N-dealkylation sites (tertiary alicyclic amines) is 1. The minimum Gasteiger partial charge on any atom is -0.325 e. The van der Waals surface area contributed by atoms with Gasteiger partial charge in [0.15, 0.2) is 0 Å². The predicted octanol–water partition coefficient (Wildman–Crippen LogP) is 2.15. The van der Waals surface area contributed by atoms with Crippen molar-refractivity contribution in [1.82, 2.24) is 4.90 Å². The molecule has 1 aromatic carbocycles. The van der Waals surface area contributed by atoms with Crippen LogP contribution in [0.2, 0.25) is 0 Å². The Morgan fingerprint density at radius 3 is 3.00 bits per heavy atom. The van der Waals surface area contributed by atoms with Crippen molar-refractivity contribution in [2.24, 2.45) is 5.92 Å². The molecule has 0 radical (unpaired) electrons. The molecule has 0 bridgehead atoms. The van der Waals surface area contributed by atoms with Gasteiger partial charge >= 0.3 is 0 Å². The van der Waals surface area contributed by atoms with Gasteiger partial charge in [-0.25, -0.2) is 0 Å². The van der Waals surface area contributed by atoms with Crippen molar-refractivity contribution in [3.05, 3.63) is 29.3 Å². The van der Waals surface area contributed by atoms with E-state index in [0.29, 0.717) is 13.1 Å². The van der Waals surface area contributed by atoms with E-state index in [-0.39, 0.29) is 11.8 Å². The number of hydrogen-bond acceptors (Lipinski definition) is 3. The van der Waals surface area contributed by atoms with Crippen LogP contribution in [0, 0.1) is 19.8 Å². The minimum absolute atomic E-state index is 0.00903. The number of piperidine rings is 1. The molecule has 4 heteroatoms. The summed E-state index contributed by atoms with van der Waals surface area (Å²) < 4.78 is 0. The smallest absolute Gasteiger partial charge is 0.238 e. The van der Waals surface area contributed by atoms with Crippen LogP contribution in [0.25, 0.3) is 0 Å². The standard InChI is InChI=1S/C16H22N2O2/c1-12-5-3-7-15(13(12)2)17-16(20)10-18-8-4-6-14(9-18)11-19/h3,5,7,11,14H,4,6,8-10H2,1-2H3,(H,17,20). The molecule has 1 aromatic rings. The molecule has 20 heavy (non-hydrogen) atoms. The number of aryl methyl sites for hydroxylation is 1. The van der Waals surface area contributed by atoms with E-state index in [9.17, 15) is 9.59 Å². The van der Waals surface area contributed by atoms with Crippen LogP contribution >= 0.6 is 0 Å². The lowest BCUT2D eigenvalue weighted by atomic mass is 10.00. The van der Waals surface area contributed by atoms with E-state index in [1.807, 2.05) is 32.0 Å². The van der Waals surface area contributed by atoms with Crippen molar-refractivity contribution in [2.45, 2.75) is 26.7 Å². The van der Waals surface area contributed by atoms with Gasteiger partial charge in [-0.1, -0.05) is 12.1 Å². The summed E-state index contributed by atoms with van der Waals surface area (Å²) in [4.78, 5) is 25.0. The maximum absolute atomic E-state index is 12.1. The normalized spacial score (nSPS) is 19.6. The summed E-state index contributed by atoms with van der Waals surface area (Å²) in [6, 6.07) is 5.90. The van der Waals surface area contributed by atoms with E-state index < -0.39 is 0 Å². The van der Waals surface area contributed by atoms with E-state index in [1.165, 1.54) is 5.56 Å². The van der Waals surface area contributed by atoms with Crippen molar-refractivity contribution in [2.75, 3.05) is 25.0 Å². The summed E-state index contributed by atoms with van der Waals surface area (Å²) in [5, 5.41) is 2.96. The molecule has 1 heterocycles. The third kappa shape index (κ3) is 3.67. The Hall–Kier alpha value is -1.68. The summed E-state index contributed by atoms with van der Waals surface area (Å²) in [5.74, 6) is 0.0718. The Bertz CT molecular complexity index is 499. The van der Waals surface area contributed by atoms with Crippen LogP contribution in [0.4, 0.5) is 5.69 Å². The molecule has 0 saturated carbocycles. The van der Waals surface area contributed by atoms with Gasteiger partial charge in [0.2, 0.25) is 5.91 Å². The molecule has 4 nitrogen and oxygen atoms in total. The topological polar surface area (TPSA) is 49.4 Å². The second-order valence-electron chi connectivity index (χ2n) is 5.57. The number of carbonyl (C=O) groups excluding carboxylic acids is 2. The molecule has 0 aliphatic carbocycles. The second kappa shape index (κ2) is 6.66. The SMILES string of the molecule is Cc1cccc(NC(=O)CN2CCCC(C=O)C2)c1C. The number of nitrogens with zero attached hydrogens (tertiary/aromatic N) is 1. The Labute approximate surface area is 120 Å². The highest BCUT2D eigenvalue weighted by molar-refractivity contribution is 5.93. The van der Waals surface area contributed by atoms with Crippen LogP contribution in [-0.4, -0.2) is 36.7 Å². The van der Waals surface area contributed by atoms with Gasteiger partial charge < -0.3 is 10.1 Å². The molecule has 108 valence electrons. The van der Waals surface area contributed by atoms with Crippen molar-refractivity contribution >= 4 is 17.9 Å². The average molecular weight is 274 g/mol. The maximum Gasteiger partial charge on any atom is 0.238 e. The number of aldehydes is 1. The fourth-order valence-corrected chi connectivity index (χ4v) is 2.63. The number of carbonyl (C=O) groups is 2. The van der Waals surface area contributed by atoms with E-state index in [4.69, 9.17) is 0 Å². The van der Waals surface area contributed by atoms with Crippen LogP contribution in [0.15, 0.2) is 18.2 Å². The van der Waals surface area contributed by atoms with Gasteiger partial charge in [0.1, 0.15) is 6.29 Å². The van der Waals surface area contributed by atoms with Crippen LogP contribution in [0.1, 0.15) is 24.0 Å². The molecule has 1 atom stereocenters. The van der Waals surface area contributed by atoms with Crippen LogP contribution in [-0.2, 0) is 9.59 Å². The zero-order valence-electron chi connectivity index (χ0n) is 12.2.